The average molecular weight is 285 g/mol. The van der Waals surface area contributed by atoms with Crippen molar-refractivity contribution in [1.29, 1.82) is 0 Å². The highest BCUT2D eigenvalue weighted by Gasteiger charge is 2.49. The highest BCUT2D eigenvalue weighted by Crippen LogP contribution is 2.42. The van der Waals surface area contributed by atoms with Crippen molar-refractivity contribution in [2.45, 2.75) is 19.1 Å². The fourth-order valence-corrected chi connectivity index (χ4v) is 2.89. The quantitative estimate of drug-likeness (QED) is 0.942. The van der Waals surface area contributed by atoms with Gasteiger partial charge in [0, 0.05) is 23.2 Å². The summed E-state index contributed by atoms with van der Waals surface area (Å²) >= 11 is 0. The predicted octanol–water partition coefficient (Wildman–Crippen LogP) is 2.88. The maximum Gasteiger partial charge on any atom is 0.257 e. The van der Waals surface area contributed by atoms with Crippen molar-refractivity contribution in [2.24, 2.45) is 0 Å². The summed E-state index contributed by atoms with van der Waals surface area (Å²) < 4.78 is 13.2. The Bertz CT molecular complexity index is 683. The van der Waals surface area contributed by atoms with Gasteiger partial charge in [-0.2, -0.15) is 0 Å². The number of hydrogen-bond acceptors (Lipinski definition) is 2. The van der Waals surface area contributed by atoms with Gasteiger partial charge in [-0.1, -0.05) is 37.3 Å². The topological polar surface area (TPSA) is 40.5 Å². The summed E-state index contributed by atoms with van der Waals surface area (Å²) in [7, 11) is 0. The molecule has 0 saturated heterocycles. The molecule has 0 fully saturated rings. The lowest BCUT2D eigenvalue weighted by Gasteiger charge is -2.34. The van der Waals surface area contributed by atoms with Gasteiger partial charge in [-0.05, 0) is 24.6 Å². The summed E-state index contributed by atoms with van der Waals surface area (Å²) in [4.78, 5) is 14.0. The molecule has 0 saturated carbocycles. The molecule has 2 aromatic carbocycles. The minimum absolute atomic E-state index is 0.195. The zero-order valence-corrected chi connectivity index (χ0v) is 11.7. The van der Waals surface area contributed by atoms with Gasteiger partial charge in [-0.3, -0.25) is 4.79 Å². The number of benzene rings is 2. The number of halogens is 1. The second-order valence-corrected chi connectivity index (χ2v) is 5.18. The smallest absolute Gasteiger partial charge is 0.257 e. The molecule has 0 spiro atoms. The molecule has 21 heavy (non-hydrogen) atoms. The minimum Gasteiger partial charge on any atom is -0.363 e. The number of aliphatic hydroxyl groups is 1. The Labute approximate surface area is 122 Å². The third-order valence-corrected chi connectivity index (χ3v) is 3.86. The molecular weight excluding hydrogens is 269 g/mol. The molecule has 0 bridgehead atoms. The molecule has 3 nitrogen and oxygen atoms in total. The summed E-state index contributed by atoms with van der Waals surface area (Å²) in [6.45, 7) is 2.38. The first kappa shape index (κ1) is 13.8. The van der Waals surface area contributed by atoms with Crippen molar-refractivity contribution in [3.8, 4) is 0 Å². The Morgan fingerprint density at radius 3 is 2.48 bits per heavy atom. The van der Waals surface area contributed by atoms with E-state index in [1.165, 1.54) is 29.2 Å². The van der Waals surface area contributed by atoms with E-state index in [1.807, 2.05) is 6.92 Å². The lowest BCUT2D eigenvalue weighted by molar-refractivity contribution is -0.0498. The van der Waals surface area contributed by atoms with Gasteiger partial charge in [-0.25, -0.2) is 4.39 Å². The van der Waals surface area contributed by atoms with Crippen molar-refractivity contribution in [3.63, 3.8) is 0 Å². The van der Waals surface area contributed by atoms with Gasteiger partial charge in [0.2, 0.25) is 0 Å². The molecule has 0 aliphatic carbocycles. The van der Waals surface area contributed by atoms with Crippen LogP contribution in [0.3, 0.4) is 0 Å². The monoisotopic (exact) mass is 285 g/mol. The zero-order chi connectivity index (χ0) is 15.0. The van der Waals surface area contributed by atoms with E-state index in [9.17, 15) is 14.3 Å². The van der Waals surface area contributed by atoms with Crippen LogP contribution in [0.4, 0.5) is 4.39 Å². The van der Waals surface area contributed by atoms with Gasteiger partial charge >= 0.3 is 0 Å². The second-order valence-electron chi connectivity index (χ2n) is 5.18. The van der Waals surface area contributed by atoms with Crippen molar-refractivity contribution < 1.29 is 14.3 Å². The van der Waals surface area contributed by atoms with Gasteiger partial charge in [0.25, 0.3) is 5.91 Å². The van der Waals surface area contributed by atoms with Crippen LogP contribution in [0.25, 0.3) is 0 Å². The minimum atomic E-state index is -1.53. The average Bonchev–Trinajstić information content (AvgIpc) is 2.72. The maximum atomic E-state index is 13.2. The number of hydrogen-bond donors (Lipinski definition) is 1. The molecular formula is C17H16FNO2. The Hall–Kier alpha value is -2.20. The van der Waals surface area contributed by atoms with Crippen LogP contribution < -0.4 is 0 Å². The van der Waals surface area contributed by atoms with Gasteiger partial charge in [0.05, 0.1) is 0 Å². The summed E-state index contributed by atoms with van der Waals surface area (Å²) in [5.74, 6) is -0.568. The Morgan fingerprint density at radius 2 is 1.81 bits per heavy atom. The van der Waals surface area contributed by atoms with Crippen molar-refractivity contribution in [2.75, 3.05) is 6.54 Å². The SMILES string of the molecule is CCCN1C(=O)c2ccccc2C1(O)c1ccc(F)cc1. The summed E-state index contributed by atoms with van der Waals surface area (Å²) in [6.07, 6.45) is 0.725. The van der Waals surface area contributed by atoms with Gasteiger partial charge in [0.1, 0.15) is 5.82 Å². The van der Waals surface area contributed by atoms with Crippen LogP contribution in [0, 0.1) is 5.82 Å². The first-order valence-corrected chi connectivity index (χ1v) is 6.99. The van der Waals surface area contributed by atoms with Gasteiger partial charge < -0.3 is 10.0 Å². The van der Waals surface area contributed by atoms with E-state index in [0.29, 0.717) is 23.2 Å². The van der Waals surface area contributed by atoms with Crippen LogP contribution in [0.1, 0.15) is 34.8 Å². The summed E-state index contributed by atoms with van der Waals surface area (Å²) in [6, 6.07) is 12.6. The van der Waals surface area contributed by atoms with E-state index < -0.39 is 5.72 Å². The molecule has 1 unspecified atom stereocenters. The van der Waals surface area contributed by atoms with Crippen LogP contribution in [-0.4, -0.2) is 22.5 Å². The third-order valence-electron chi connectivity index (χ3n) is 3.86. The highest BCUT2D eigenvalue weighted by molar-refractivity contribution is 6.00. The Morgan fingerprint density at radius 1 is 1.14 bits per heavy atom. The number of amides is 1. The molecule has 1 aliphatic rings. The van der Waals surface area contributed by atoms with E-state index in [0.717, 1.165) is 6.42 Å². The summed E-state index contributed by atoms with van der Waals surface area (Å²) in [5.41, 5.74) is 0.0145. The standard InChI is InChI=1S/C17H16FNO2/c1-2-11-19-16(20)14-5-3-4-6-15(14)17(19,21)12-7-9-13(18)10-8-12/h3-10,21H,2,11H2,1H3. The first-order valence-electron chi connectivity index (χ1n) is 6.99. The number of carbonyl (C=O) groups is 1. The molecule has 108 valence electrons. The second kappa shape index (κ2) is 4.97. The summed E-state index contributed by atoms with van der Waals surface area (Å²) in [5, 5.41) is 11.2. The van der Waals surface area contributed by atoms with E-state index in [-0.39, 0.29) is 11.7 Å². The largest absolute Gasteiger partial charge is 0.363 e. The van der Waals surface area contributed by atoms with Crippen LogP contribution >= 0.6 is 0 Å². The zero-order valence-electron chi connectivity index (χ0n) is 11.7. The number of carbonyl (C=O) groups excluding carboxylic acids is 1. The lowest BCUT2D eigenvalue weighted by atomic mass is 9.94. The van der Waals surface area contributed by atoms with Gasteiger partial charge in [0.15, 0.2) is 5.72 Å². The van der Waals surface area contributed by atoms with Crippen LogP contribution in [0.5, 0.6) is 0 Å². The number of fused-ring (bicyclic) bond motifs is 1. The molecule has 1 amide bonds. The van der Waals surface area contributed by atoms with Crippen molar-refractivity contribution in [1.82, 2.24) is 4.90 Å². The third kappa shape index (κ3) is 1.94. The van der Waals surface area contributed by atoms with E-state index in [4.69, 9.17) is 0 Å². The van der Waals surface area contributed by atoms with E-state index >= 15 is 0 Å². The molecule has 1 aliphatic heterocycles. The highest BCUT2D eigenvalue weighted by atomic mass is 19.1. The Balaban J connectivity index is 2.21. The normalized spacial score (nSPS) is 20.7. The number of nitrogens with zero attached hydrogens (tertiary/aromatic N) is 1. The molecule has 0 aromatic heterocycles. The predicted molar refractivity (Wildman–Crippen MR) is 77.2 cm³/mol. The molecule has 1 N–H and O–H groups in total. The number of rotatable bonds is 3. The molecule has 4 heteroatoms. The lowest BCUT2D eigenvalue weighted by Crippen LogP contribution is -2.45. The fourth-order valence-electron chi connectivity index (χ4n) is 2.89. The molecule has 3 rings (SSSR count). The van der Waals surface area contributed by atoms with Gasteiger partial charge in [-0.15, -0.1) is 0 Å². The molecule has 2 aromatic rings. The maximum absolute atomic E-state index is 13.2. The first-order chi connectivity index (χ1) is 10.1. The molecule has 0 radical (unpaired) electrons. The fraction of sp³-hybridized carbons (Fsp3) is 0.235. The van der Waals surface area contributed by atoms with E-state index in [2.05, 4.69) is 0 Å². The Kier molecular flexibility index (Phi) is 3.26. The van der Waals surface area contributed by atoms with Crippen LogP contribution in [0.15, 0.2) is 48.5 Å². The molecule has 1 heterocycles. The van der Waals surface area contributed by atoms with E-state index in [1.54, 1.807) is 24.3 Å². The van der Waals surface area contributed by atoms with Crippen LogP contribution in [0.2, 0.25) is 0 Å². The van der Waals surface area contributed by atoms with Crippen molar-refractivity contribution in [3.05, 3.63) is 71.0 Å². The van der Waals surface area contributed by atoms with Crippen molar-refractivity contribution >= 4 is 5.91 Å². The molecule has 1 atom stereocenters. The van der Waals surface area contributed by atoms with Crippen LogP contribution in [-0.2, 0) is 5.72 Å².